The fourth-order valence-electron chi connectivity index (χ4n) is 9.48. The van der Waals surface area contributed by atoms with E-state index in [1.807, 2.05) is 97.1 Å². The number of benzene rings is 5. The van der Waals surface area contributed by atoms with E-state index >= 15 is 0 Å². The van der Waals surface area contributed by atoms with E-state index < -0.39 is 34.9 Å². The second-order valence-corrected chi connectivity index (χ2v) is 17.4. The Morgan fingerprint density at radius 2 is 0.689 bits per heavy atom. The predicted molar refractivity (Wildman–Crippen MR) is 271 cm³/mol. The van der Waals surface area contributed by atoms with Crippen molar-refractivity contribution in [2.75, 3.05) is 0 Å². The van der Waals surface area contributed by atoms with Crippen LogP contribution in [-0.4, -0.2) is 29.9 Å². The minimum Gasteiger partial charge on any atom is -0.454 e. The first kappa shape index (κ1) is 44.1. The molecule has 14 heteroatoms. The molecule has 8 nitrogen and oxygen atoms in total. The molecule has 0 saturated heterocycles. The summed E-state index contributed by atoms with van der Waals surface area (Å²) in [5.74, 6) is -6.08. The van der Waals surface area contributed by atoms with Crippen LogP contribution in [0.15, 0.2) is 191 Å². The minimum absolute atomic E-state index is 0.197. The molecule has 0 amide bonds. The highest BCUT2D eigenvalue weighted by molar-refractivity contribution is 6.10. The van der Waals surface area contributed by atoms with Crippen molar-refractivity contribution in [3.63, 3.8) is 0 Å². The topological polar surface area (TPSA) is 104 Å². The number of rotatable bonds is 8. The van der Waals surface area contributed by atoms with Gasteiger partial charge in [0.1, 0.15) is 57.1 Å². The Balaban J connectivity index is 0.784. The van der Waals surface area contributed by atoms with Crippen molar-refractivity contribution in [3.05, 3.63) is 217 Å². The average molecular weight is 981 g/mol. The van der Waals surface area contributed by atoms with Crippen LogP contribution in [0.1, 0.15) is 0 Å². The molecule has 0 bridgehead atoms. The van der Waals surface area contributed by atoms with E-state index in [0.717, 1.165) is 44.2 Å². The Morgan fingerprint density at radius 3 is 1.11 bits per heavy atom. The average Bonchev–Trinajstić information content (AvgIpc) is 4.00. The maximum absolute atomic E-state index is 14.7. The van der Waals surface area contributed by atoms with Gasteiger partial charge in [-0.1, -0.05) is 36.4 Å². The van der Waals surface area contributed by atoms with Gasteiger partial charge in [-0.05, 0) is 119 Å². The number of aromatic nitrogens is 6. The van der Waals surface area contributed by atoms with E-state index in [9.17, 15) is 26.3 Å². The van der Waals surface area contributed by atoms with Crippen molar-refractivity contribution >= 4 is 44.1 Å². The summed E-state index contributed by atoms with van der Waals surface area (Å²) < 4.78 is 99.0. The largest absolute Gasteiger partial charge is 0.454 e. The zero-order valence-corrected chi connectivity index (χ0v) is 38.1. The van der Waals surface area contributed by atoms with E-state index in [1.54, 1.807) is 24.5 Å². The van der Waals surface area contributed by atoms with E-state index in [-0.39, 0.29) is 22.3 Å². The minimum atomic E-state index is -1.02. The smallest absolute Gasteiger partial charge is 0.161 e. The van der Waals surface area contributed by atoms with E-state index in [2.05, 4.69) is 9.97 Å². The van der Waals surface area contributed by atoms with Gasteiger partial charge in [0.2, 0.25) is 0 Å². The van der Waals surface area contributed by atoms with Gasteiger partial charge in [-0.25, -0.2) is 36.3 Å². The standard InChI is InChI=1S/C60H30F6N6O2/c61-37-27-43(63)55(44(64)28-37)35-15-19-67-51(25-35)49-5-1-3-47(71-49)33-11-13-53-41(23-33)57-59(73-53)39(17-21-69-57)31-7-9-32(10-8-31)40-18-22-70-58-42-24-34(12-14-54(42)74-60(40)58)48-4-2-6-50(72-48)52-26-36(16-20-68-52)56-45(65)29-38(62)30-46(56)66/h1-30H. The number of nitrogens with zero attached hydrogens (tertiary/aromatic N) is 6. The molecule has 0 aliphatic carbocycles. The van der Waals surface area contributed by atoms with Crippen LogP contribution in [0.3, 0.4) is 0 Å². The van der Waals surface area contributed by atoms with Crippen molar-refractivity contribution in [1.29, 1.82) is 0 Å². The molecular formula is C60H30F6N6O2. The van der Waals surface area contributed by atoms with Gasteiger partial charge in [0.25, 0.3) is 0 Å². The van der Waals surface area contributed by atoms with Crippen molar-refractivity contribution in [2.45, 2.75) is 0 Å². The third kappa shape index (κ3) is 7.67. The second kappa shape index (κ2) is 17.5. The highest BCUT2D eigenvalue weighted by Gasteiger charge is 2.21. The van der Waals surface area contributed by atoms with Crippen LogP contribution in [0.5, 0.6) is 0 Å². The Morgan fingerprint density at radius 1 is 0.311 bits per heavy atom. The molecule has 0 saturated carbocycles. The quantitative estimate of drug-likeness (QED) is 0.139. The second-order valence-electron chi connectivity index (χ2n) is 17.4. The first-order chi connectivity index (χ1) is 36.1. The Labute approximate surface area is 415 Å². The van der Waals surface area contributed by atoms with Crippen LogP contribution in [0.25, 0.3) is 134 Å². The molecule has 0 spiro atoms. The lowest BCUT2D eigenvalue weighted by atomic mass is 9.99. The van der Waals surface area contributed by atoms with E-state index in [1.165, 1.54) is 36.7 Å². The number of hydrogen-bond donors (Lipinski definition) is 0. The van der Waals surface area contributed by atoms with Gasteiger partial charge in [-0.2, -0.15) is 0 Å². The lowest BCUT2D eigenvalue weighted by Gasteiger charge is -2.09. The van der Waals surface area contributed by atoms with Gasteiger partial charge in [0.05, 0.1) is 45.3 Å². The summed E-state index contributed by atoms with van der Waals surface area (Å²) in [4.78, 5) is 28.0. The molecule has 0 N–H and O–H groups in total. The number of fused-ring (bicyclic) bond motifs is 6. The molecule has 0 radical (unpaired) electrons. The zero-order chi connectivity index (χ0) is 50.2. The monoisotopic (exact) mass is 980 g/mol. The maximum Gasteiger partial charge on any atom is 0.161 e. The molecule has 8 aromatic heterocycles. The molecule has 0 atom stereocenters. The summed E-state index contributed by atoms with van der Waals surface area (Å²) in [5.41, 5.74) is 11.5. The number of pyridine rings is 6. The van der Waals surface area contributed by atoms with Gasteiger partial charge in [0, 0.05) is 82.1 Å². The van der Waals surface area contributed by atoms with Crippen LogP contribution in [-0.2, 0) is 0 Å². The van der Waals surface area contributed by atoms with Crippen LogP contribution < -0.4 is 0 Å². The summed E-state index contributed by atoms with van der Waals surface area (Å²) in [6.45, 7) is 0. The van der Waals surface area contributed by atoms with E-state index in [0.29, 0.717) is 91.8 Å². The molecule has 74 heavy (non-hydrogen) atoms. The summed E-state index contributed by atoms with van der Waals surface area (Å²) in [6.07, 6.45) is 6.34. The molecule has 8 heterocycles. The summed E-state index contributed by atoms with van der Waals surface area (Å²) in [6, 6.07) is 42.7. The number of hydrogen-bond acceptors (Lipinski definition) is 8. The van der Waals surface area contributed by atoms with Crippen LogP contribution in [0.2, 0.25) is 0 Å². The number of halogens is 6. The van der Waals surface area contributed by atoms with Gasteiger partial charge in [-0.15, -0.1) is 0 Å². The molecule has 13 rings (SSSR count). The van der Waals surface area contributed by atoms with E-state index in [4.69, 9.17) is 28.8 Å². The summed E-state index contributed by atoms with van der Waals surface area (Å²) in [7, 11) is 0. The molecule has 0 aliphatic heterocycles. The molecular weight excluding hydrogens is 951 g/mol. The third-order valence-corrected chi connectivity index (χ3v) is 12.9. The van der Waals surface area contributed by atoms with Crippen LogP contribution in [0, 0.1) is 34.9 Å². The zero-order valence-electron chi connectivity index (χ0n) is 38.1. The van der Waals surface area contributed by atoms with Crippen molar-refractivity contribution < 1.29 is 35.2 Å². The molecule has 0 unspecified atom stereocenters. The van der Waals surface area contributed by atoms with Gasteiger partial charge >= 0.3 is 0 Å². The molecule has 354 valence electrons. The maximum atomic E-state index is 14.7. The molecule has 5 aromatic carbocycles. The summed E-state index contributed by atoms with van der Waals surface area (Å²) >= 11 is 0. The van der Waals surface area contributed by atoms with Gasteiger partial charge in [0.15, 0.2) is 11.2 Å². The fraction of sp³-hybridized carbons (Fsp3) is 0. The first-order valence-electron chi connectivity index (χ1n) is 23.0. The number of furan rings is 2. The highest BCUT2D eigenvalue weighted by Crippen LogP contribution is 2.40. The van der Waals surface area contributed by atoms with Gasteiger partial charge < -0.3 is 8.83 Å². The van der Waals surface area contributed by atoms with Crippen molar-refractivity contribution in [1.82, 2.24) is 29.9 Å². The van der Waals surface area contributed by atoms with Crippen LogP contribution in [0.4, 0.5) is 26.3 Å². The Hall–Kier alpha value is -9.82. The SMILES string of the molecule is Fc1cc(F)c(-c2ccnc(-c3cccc(-c4ccc5oc6c(-c7ccc(-c8ccnc9c8oc8ccc(-c%10cccc(-c%11cc(-c%12c(F)cc(F)cc%12F)ccn%11)n%10)cc89)cc7)ccnc6c5c4)n3)c2)c(F)c1. The van der Waals surface area contributed by atoms with Crippen molar-refractivity contribution in [2.24, 2.45) is 0 Å². The van der Waals surface area contributed by atoms with Crippen LogP contribution >= 0.6 is 0 Å². The molecule has 13 aromatic rings. The van der Waals surface area contributed by atoms with Crippen molar-refractivity contribution in [3.8, 4) is 89.8 Å². The normalized spacial score (nSPS) is 11.6. The Kier molecular flexibility index (Phi) is 10.4. The lowest BCUT2D eigenvalue weighted by Crippen LogP contribution is -1.95. The lowest BCUT2D eigenvalue weighted by molar-refractivity contribution is 0.547. The predicted octanol–water partition coefficient (Wildman–Crippen LogP) is 16.0. The fourth-order valence-corrected chi connectivity index (χ4v) is 9.48. The first-order valence-corrected chi connectivity index (χ1v) is 23.0. The third-order valence-electron chi connectivity index (χ3n) is 12.9. The Bertz CT molecular complexity index is 4100. The highest BCUT2D eigenvalue weighted by atomic mass is 19.2. The van der Waals surface area contributed by atoms with Gasteiger partial charge in [-0.3, -0.25) is 19.9 Å². The summed E-state index contributed by atoms with van der Waals surface area (Å²) in [5, 5.41) is 1.56. The molecule has 0 fully saturated rings. The molecule has 0 aliphatic rings.